The summed E-state index contributed by atoms with van der Waals surface area (Å²) >= 11 is 0. The summed E-state index contributed by atoms with van der Waals surface area (Å²) < 4.78 is 5.61. The Hall–Kier alpha value is -2.14. The molecule has 0 aliphatic carbocycles. The van der Waals surface area contributed by atoms with Gasteiger partial charge in [-0.2, -0.15) is 5.10 Å². The maximum atomic E-state index is 12.6. The molecule has 1 fully saturated rings. The summed E-state index contributed by atoms with van der Waals surface area (Å²) in [5.74, 6) is 0.578. The molecule has 0 saturated carbocycles. The third kappa shape index (κ3) is 3.79. The quantitative estimate of drug-likeness (QED) is 0.834. The molecule has 1 aromatic heterocycles. The summed E-state index contributed by atoms with van der Waals surface area (Å²) in [7, 11) is 0. The number of likely N-dealkylation sites (tertiary alicyclic amines) is 1. The van der Waals surface area contributed by atoms with Crippen LogP contribution in [-0.2, 0) is 4.74 Å². The average molecular weight is 313 g/mol. The smallest absolute Gasteiger partial charge is 0.253 e. The standard InChI is InChI=1S/C18H23N3O2/c1-2-11-23-13-14-8-10-21(12-14)18(22)16-5-3-15(4-6-16)17-7-9-19-20-17/h3-7,9,14H,2,8,10-13H2,1H3,(H,19,20)/t14-/m1/s1. The zero-order valence-electron chi connectivity index (χ0n) is 13.5. The number of hydrogen-bond donors (Lipinski definition) is 1. The number of aromatic amines is 1. The van der Waals surface area contributed by atoms with Gasteiger partial charge in [0.25, 0.3) is 5.91 Å². The largest absolute Gasteiger partial charge is 0.381 e. The SMILES string of the molecule is CCCOC[C@@H]1CCN(C(=O)c2ccc(-c3ccn[nH]3)cc2)C1. The zero-order chi connectivity index (χ0) is 16.1. The second-order valence-electron chi connectivity index (χ2n) is 6.03. The van der Waals surface area contributed by atoms with Crippen LogP contribution in [0, 0.1) is 5.92 Å². The molecule has 2 aromatic rings. The van der Waals surface area contributed by atoms with Crippen LogP contribution in [0.2, 0.25) is 0 Å². The van der Waals surface area contributed by atoms with Crippen molar-refractivity contribution in [3.05, 3.63) is 42.1 Å². The van der Waals surface area contributed by atoms with Crippen LogP contribution in [0.3, 0.4) is 0 Å². The van der Waals surface area contributed by atoms with E-state index in [2.05, 4.69) is 17.1 Å². The minimum atomic E-state index is 0.110. The van der Waals surface area contributed by atoms with Gasteiger partial charge in [0, 0.05) is 37.4 Å². The summed E-state index contributed by atoms with van der Waals surface area (Å²) in [4.78, 5) is 14.5. The van der Waals surface area contributed by atoms with Crippen LogP contribution in [0.15, 0.2) is 36.5 Å². The molecule has 1 aliphatic rings. The molecule has 1 amide bonds. The molecule has 5 heteroatoms. The Morgan fingerprint density at radius 2 is 2.17 bits per heavy atom. The number of amides is 1. The second kappa shape index (κ2) is 7.42. The van der Waals surface area contributed by atoms with Gasteiger partial charge >= 0.3 is 0 Å². The second-order valence-corrected chi connectivity index (χ2v) is 6.03. The van der Waals surface area contributed by atoms with Gasteiger partial charge in [-0.3, -0.25) is 9.89 Å². The van der Waals surface area contributed by atoms with Crippen LogP contribution in [-0.4, -0.2) is 47.3 Å². The van der Waals surface area contributed by atoms with Crippen molar-refractivity contribution in [1.82, 2.24) is 15.1 Å². The first-order valence-corrected chi connectivity index (χ1v) is 8.24. The molecule has 122 valence electrons. The number of aromatic nitrogens is 2. The number of rotatable bonds is 6. The molecule has 1 saturated heterocycles. The van der Waals surface area contributed by atoms with Crippen LogP contribution in [0.4, 0.5) is 0 Å². The molecule has 3 rings (SSSR count). The number of nitrogens with one attached hydrogen (secondary N) is 1. The van der Waals surface area contributed by atoms with E-state index in [-0.39, 0.29) is 5.91 Å². The van der Waals surface area contributed by atoms with Crippen molar-refractivity contribution in [3.63, 3.8) is 0 Å². The van der Waals surface area contributed by atoms with Crippen molar-refractivity contribution >= 4 is 5.91 Å². The van der Waals surface area contributed by atoms with Crippen molar-refractivity contribution in [2.45, 2.75) is 19.8 Å². The van der Waals surface area contributed by atoms with Gasteiger partial charge in [-0.1, -0.05) is 19.1 Å². The normalized spacial score (nSPS) is 17.6. The van der Waals surface area contributed by atoms with Crippen LogP contribution < -0.4 is 0 Å². The van der Waals surface area contributed by atoms with Crippen molar-refractivity contribution in [1.29, 1.82) is 0 Å². The first-order chi connectivity index (χ1) is 11.3. The first-order valence-electron chi connectivity index (χ1n) is 8.24. The molecule has 0 unspecified atom stereocenters. The van der Waals surface area contributed by atoms with E-state index in [9.17, 15) is 4.79 Å². The number of ether oxygens (including phenoxy) is 1. The maximum Gasteiger partial charge on any atom is 0.253 e. The van der Waals surface area contributed by atoms with Crippen LogP contribution in [0.1, 0.15) is 30.1 Å². The fraction of sp³-hybridized carbons (Fsp3) is 0.444. The Morgan fingerprint density at radius 1 is 1.35 bits per heavy atom. The highest BCUT2D eigenvalue weighted by Crippen LogP contribution is 2.21. The van der Waals surface area contributed by atoms with E-state index in [1.807, 2.05) is 35.2 Å². The Labute approximate surface area is 136 Å². The number of carbonyl (C=O) groups excluding carboxylic acids is 1. The van der Waals surface area contributed by atoms with Gasteiger partial charge in [0.2, 0.25) is 0 Å². The lowest BCUT2D eigenvalue weighted by atomic mass is 10.1. The molecule has 0 radical (unpaired) electrons. The van der Waals surface area contributed by atoms with Crippen molar-refractivity contribution < 1.29 is 9.53 Å². The highest BCUT2D eigenvalue weighted by atomic mass is 16.5. The molecule has 1 atom stereocenters. The van der Waals surface area contributed by atoms with Gasteiger partial charge in [-0.25, -0.2) is 0 Å². The Bertz CT molecular complexity index is 622. The predicted octanol–water partition coefficient (Wildman–Crippen LogP) is 2.97. The third-order valence-electron chi connectivity index (χ3n) is 4.22. The number of hydrogen-bond acceptors (Lipinski definition) is 3. The topological polar surface area (TPSA) is 58.2 Å². The summed E-state index contributed by atoms with van der Waals surface area (Å²) in [5, 5.41) is 6.87. The fourth-order valence-corrected chi connectivity index (χ4v) is 2.94. The van der Waals surface area contributed by atoms with Crippen LogP contribution in [0.5, 0.6) is 0 Å². The highest BCUT2D eigenvalue weighted by molar-refractivity contribution is 5.94. The monoisotopic (exact) mass is 313 g/mol. The van der Waals surface area contributed by atoms with Gasteiger partial charge < -0.3 is 9.64 Å². The highest BCUT2D eigenvalue weighted by Gasteiger charge is 2.26. The van der Waals surface area contributed by atoms with Crippen molar-refractivity contribution in [3.8, 4) is 11.3 Å². The molecule has 0 bridgehead atoms. The fourth-order valence-electron chi connectivity index (χ4n) is 2.94. The van der Waals surface area contributed by atoms with Crippen molar-refractivity contribution in [2.75, 3.05) is 26.3 Å². The average Bonchev–Trinajstić information content (AvgIpc) is 3.27. The molecule has 23 heavy (non-hydrogen) atoms. The zero-order valence-corrected chi connectivity index (χ0v) is 13.5. The van der Waals surface area contributed by atoms with E-state index in [1.54, 1.807) is 6.20 Å². The summed E-state index contributed by atoms with van der Waals surface area (Å²) in [5.41, 5.74) is 2.73. The lowest BCUT2D eigenvalue weighted by molar-refractivity contribution is 0.0754. The molecular formula is C18H23N3O2. The Kier molecular flexibility index (Phi) is 5.08. The first kappa shape index (κ1) is 15.7. The minimum Gasteiger partial charge on any atom is -0.381 e. The van der Waals surface area contributed by atoms with Gasteiger partial charge in [0.1, 0.15) is 0 Å². The van der Waals surface area contributed by atoms with Crippen LogP contribution >= 0.6 is 0 Å². The number of carbonyl (C=O) groups is 1. The lowest BCUT2D eigenvalue weighted by Crippen LogP contribution is -2.29. The molecule has 2 heterocycles. The van der Waals surface area contributed by atoms with E-state index in [4.69, 9.17) is 4.74 Å². The van der Waals surface area contributed by atoms with Gasteiger partial charge in [0.05, 0.1) is 12.3 Å². The maximum absolute atomic E-state index is 12.6. The van der Waals surface area contributed by atoms with Crippen molar-refractivity contribution in [2.24, 2.45) is 5.92 Å². The minimum absolute atomic E-state index is 0.110. The lowest BCUT2D eigenvalue weighted by Gasteiger charge is -2.17. The summed E-state index contributed by atoms with van der Waals surface area (Å²) in [6, 6.07) is 9.61. The molecular weight excluding hydrogens is 290 g/mol. The molecule has 1 N–H and O–H groups in total. The van der Waals surface area contributed by atoms with E-state index in [0.29, 0.717) is 5.92 Å². The molecule has 1 aromatic carbocycles. The van der Waals surface area contributed by atoms with E-state index in [0.717, 1.165) is 56.0 Å². The van der Waals surface area contributed by atoms with E-state index in [1.165, 1.54) is 0 Å². The predicted molar refractivity (Wildman–Crippen MR) is 89.1 cm³/mol. The number of H-pyrrole nitrogens is 1. The third-order valence-corrected chi connectivity index (χ3v) is 4.22. The molecule has 5 nitrogen and oxygen atoms in total. The molecule has 0 spiro atoms. The van der Waals surface area contributed by atoms with Crippen LogP contribution in [0.25, 0.3) is 11.3 Å². The number of nitrogens with zero attached hydrogens (tertiary/aromatic N) is 2. The van der Waals surface area contributed by atoms with Gasteiger partial charge in [-0.05, 0) is 36.6 Å². The Balaban J connectivity index is 1.58. The summed E-state index contributed by atoms with van der Waals surface area (Å²) in [6.45, 7) is 5.29. The van der Waals surface area contributed by atoms with Gasteiger partial charge in [0.15, 0.2) is 0 Å². The Morgan fingerprint density at radius 3 is 2.87 bits per heavy atom. The summed E-state index contributed by atoms with van der Waals surface area (Å²) in [6.07, 6.45) is 3.79. The van der Waals surface area contributed by atoms with E-state index < -0.39 is 0 Å². The molecule has 1 aliphatic heterocycles. The number of benzene rings is 1. The van der Waals surface area contributed by atoms with Gasteiger partial charge in [-0.15, -0.1) is 0 Å². The van der Waals surface area contributed by atoms with E-state index >= 15 is 0 Å².